The number of likely N-dealkylation sites (N-methyl/N-ethyl adjacent to an activating group) is 2. The predicted molar refractivity (Wildman–Crippen MR) is 144 cm³/mol. The van der Waals surface area contributed by atoms with Crippen LogP contribution >= 0.6 is 0 Å². The fourth-order valence-corrected chi connectivity index (χ4v) is 4.58. The molecule has 10 nitrogen and oxygen atoms in total. The molecule has 11 heteroatoms. The normalized spacial score (nSPS) is 15.4. The number of likely N-dealkylation sites (tertiary alicyclic amines) is 1. The number of nitrogens with one attached hydrogen (secondary N) is 2. The molecule has 2 aromatic carbocycles. The summed E-state index contributed by atoms with van der Waals surface area (Å²) < 4.78 is 24.9. The number of carbonyl (C=O) groups is 1. The molecular formula is C27H28FN7O3. The molecule has 3 heterocycles. The molecule has 2 aromatic heterocycles. The maximum Gasteiger partial charge on any atom is 0.247 e. The van der Waals surface area contributed by atoms with Crippen molar-refractivity contribution in [3.05, 3.63) is 61.1 Å². The van der Waals surface area contributed by atoms with Crippen LogP contribution in [0, 0.1) is 5.82 Å². The quantitative estimate of drug-likeness (QED) is 0.328. The Bertz CT molecular complexity index is 1510. The van der Waals surface area contributed by atoms with Crippen LogP contribution in [0.3, 0.4) is 0 Å². The molecule has 2 N–H and O–H groups in total. The lowest BCUT2D eigenvalue weighted by molar-refractivity contribution is -0.111. The predicted octanol–water partition coefficient (Wildman–Crippen LogP) is 4.44. The van der Waals surface area contributed by atoms with Crippen molar-refractivity contribution in [2.45, 2.75) is 12.5 Å². The number of anilines is 4. The van der Waals surface area contributed by atoms with Gasteiger partial charge in [-0.15, -0.1) is 0 Å². The van der Waals surface area contributed by atoms with Gasteiger partial charge in [0, 0.05) is 31.3 Å². The molecule has 5 rings (SSSR count). The van der Waals surface area contributed by atoms with Gasteiger partial charge in [-0.1, -0.05) is 23.9 Å². The first kappa shape index (κ1) is 25.2. The van der Waals surface area contributed by atoms with E-state index in [1.54, 1.807) is 25.3 Å². The van der Waals surface area contributed by atoms with Gasteiger partial charge in [0.15, 0.2) is 11.3 Å². The van der Waals surface area contributed by atoms with Crippen molar-refractivity contribution in [2.24, 2.45) is 0 Å². The van der Waals surface area contributed by atoms with E-state index in [1.807, 2.05) is 13.1 Å². The molecule has 1 aliphatic heterocycles. The highest BCUT2D eigenvalue weighted by molar-refractivity contribution is 6.02. The Hall–Kier alpha value is -4.51. The summed E-state index contributed by atoms with van der Waals surface area (Å²) in [4.78, 5) is 25.6. The van der Waals surface area contributed by atoms with E-state index < -0.39 is 5.82 Å². The van der Waals surface area contributed by atoms with Crippen LogP contribution in [0.4, 0.5) is 27.4 Å². The number of amides is 1. The third-order valence-corrected chi connectivity index (χ3v) is 6.61. The van der Waals surface area contributed by atoms with Crippen molar-refractivity contribution in [3.63, 3.8) is 0 Å². The topological polar surface area (TPSA) is 109 Å². The van der Waals surface area contributed by atoms with Gasteiger partial charge < -0.3 is 29.7 Å². The minimum absolute atomic E-state index is 0.246. The van der Waals surface area contributed by atoms with E-state index in [-0.39, 0.29) is 17.9 Å². The number of hydrogen-bond acceptors (Lipinski definition) is 9. The SMILES string of the molecule is C=CC(=O)Nc1cc(Nc2ncc3noc(-c4cccc(F)c4)c3n2)c(OC)cc1N(C)C1CCN(C)C1. The fraction of sp³-hybridized carbons (Fsp3) is 0.259. The smallest absolute Gasteiger partial charge is 0.247 e. The number of fused-ring (bicyclic) bond motifs is 1. The average Bonchev–Trinajstić information content (AvgIpc) is 3.54. The van der Waals surface area contributed by atoms with Crippen LogP contribution in [-0.2, 0) is 4.79 Å². The van der Waals surface area contributed by atoms with Crippen LogP contribution in [0.1, 0.15) is 6.42 Å². The molecule has 38 heavy (non-hydrogen) atoms. The van der Waals surface area contributed by atoms with Crippen molar-refractivity contribution >= 4 is 40.0 Å². The second-order valence-corrected chi connectivity index (χ2v) is 9.15. The molecule has 0 aliphatic carbocycles. The average molecular weight is 518 g/mol. The molecule has 1 fully saturated rings. The van der Waals surface area contributed by atoms with Gasteiger partial charge in [-0.05, 0) is 44.3 Å². The standard InChI is InChI=1S/C27H28FN7O3/c1-5-24(36)30-19-12-20(23(37-4)13-22(19)35(3)18-9-10-34(2)15-18)31-27-29-14-21-25(32-27)26(38-33-21)16-7-6-8-17(28)11-16/h5-8,11-14,18H,1,9-10,15H2,2-4H3,(H,30,36)(H,31,32). The van der Waals surface area contributed by atoms with Gasteiger partial charge in [-0.3, -0.25) is 4.79 Å². The third kappa shape index (κ3) is 5.00. The first-order chi connectivity index (χ1) is 18.4. The zero-order valence-electron chi connectivity index (χ0n) is 21.4. The second kappa shape index (κ2) is 10.5. The Morgan fingerprint density at radius 2 is 2.16 bits per heavy atom. The summed E-state index contributed by atoms with van der Waals surface area (Å²) in [5.74, 6) is 0.383. The van der Waals surface area contributed by atoms with E-state index in [0.29, 0.717) is 39.5 Å². The van der Waals surface area contributed by atoms with Crippen molar-refractivity contribution in [1.29, 1.82) is 0 Å². The first-order valence-corrected chi connectivity index (χ1v) is 12.1. The summed E-state index contributed by atoms with van der Waals surface area (Å²) >= 11 is 0. The van der Waals surface area contributed by atoms with E-state index in [0.717, 1.165) is 25.2 Å². The Morgan fingerprint density at radius 3 is 2.87 bits per heavy atom. The maximum absolute atomic E-state index is 13.8. The van der Waals surface area contributed by atoms with Gasteiger partial charge >= 0.3 is 0 Å². The number of rotatable bonds is 8. The molecule has 0 radical (unpaired) electrons. The van der Waals surface area contributed by atoms with Crippen LogP contribution in [0.25, 0.3) is 22.4 Å². The molecule has 4 aromatic rings. The lowest BCUT2D eigenvalue weighted by atomic mass is 10.1. The molecule has 1 amide bonds. The van der Waals surface area contributed by atoms with Crippen LogP contribution < -0.4 is 20.3 Å². The summed E-state index contributed by atoms with van der Waals surface area (Å²) in [6, 6.07) is 9.94. The minimum atomic E-state index is -0.396. The highest BCUT2D eigenvalue weighted by Crippen LogP contribution is 2.39. The van der Waals surface area contributed by atoms with Gasteiger partial charge in [0.25, 0.3) is 0 Å². The van der Waals surface area contributed by atoms with Gasteiger partial charge in [0.2, 0.25) is 11.9 Å². The van der Waals surface area contributed by atoms with Crippen LogP contribution in [0.2, 0.25) is 0 Å². The van der Waals surface area contributed by atoms with Gasteiger partial charge in [-0.2, -0.15) is 0 Å². The van der Waals surface area contributed by atoms with E-state index in [9.17, 15) is 9.18 Å². The maximum atomic E-state index is 13.8. The number of benzene rings is 2. The van der Waals surface area contributed by atoms with E-state index in [2.05, 4.69) is 49.2 Å². The van der Waals surface area contributed by atoms with Crippen molar-refractivity contribution in [3.8, 4) is 17.1 Å². The summed E-state index contributed by atoms with van der Waals surface area (Å²) in [5.41, 5.74) is 3.30. The molecule has 1 saturated heterocycles. The molecule has 196 valence electrons. The molecule has 1 atom stereocenters. The second-order valence-electron chi connectivity index (χ2n) is 9.15. The highest BCUT2D eigenvalue weighted by Gasteiger charge is 2.26. The molecule has 1 aliphatic rings. The molecular weight excluding hydrogens is 489 g/mol. The zero-order chi connectivity index (χ0) is 26.8. The van der Waals surface area contributed by atoms with Crippen LogP contribution in [-0.4, -0.2) is 66.3 Å². The van der Waals surface area contributed by atoms with Crippen LogP contribution in [0.15, 0.2) is 59.8 Å². The number of nitrogens with zero attached hydrogens (tertiary/aromatic N) is 5. The van der Waals surface area contributed by atoms with Crippen molar-refractivity contribution in [2.75, 3.05) is 49.8 Å². The number of methoxy groups -OCH3 is 1. The number of carbonyl (C=O) groups excluding carboxylic acids is 1. The highest BCUT2D eigenvalue weighted by atomic mass is 19.1. The summed E-state index contributed by atoms with van der Waals surface area (Å²) in [7, 11) is 5.67. The molecule has 0 bridgehead atoms. The van der Waals surface area contributed by atoms with Gasteiger partial charge in [0.1, 0.15) is 17.1 Å². The Balaban J connectivity index is 1.52. The minimum Gasteiger partial charge on any atom is -0.494 e. The molecule has 1 unspecified atom stereocenters. The number of halogens is 1. The monoisotopic (exact) mass is 517 g/mol. The van der Waals surface area contributed by atoms with E-state index in [1.165, 1.54) is 24.4 Å². The summed E-state index contributed by atoms with van der Waals surface area (Å²) in [5, 5.41) is 10.1. The molecule has 0 spiro atoms. The largest absolute Gasteiger partial charge is 0.494 e. The third-order valence-electron chi connectivity index (χ3n) is 6.61. The zero-order valence-corrected chi connectivity index (χ0v) is 21.4. The van der Waals surface area contributed by atoms with Gasteiger partial charge in [-0.25, -0.2) is 14.4 Å². The van der Waals surface area contributed by atoms with Gasteiger partial charge in [0.05, 0.1) is 30.4 Å². The lowest BCUT2D eigenvalue weighted by Gasteiger charge is -2.29. The first-order valence-electron chi connectivity index (χ1n) is 12.1. The Morgan fingerprint density at radius 1 is 1.32 bits per heavy atom. The van der Waals surface area contributed by atoms with Crippen LogP contribution in [0.5, 0.6) is 5.75 Å². The Labute approximate surface area is 219 Å². The Kier molecular flexibility index (Phi) is 6.93. The molecule has 0 saturated carbocycles. The van der Waals surface area contributed by atoms with Crippen molar-refractivity contribution in [1.82, 2.24) is 20.0 Å². The van der Waals surface area contributed by atoms with E-state index in [4.69, 9.17) is 9.26 Å². The number of ether oxygens (including phenoxy) is 1. The summed E-state index contributed by atoms with van der Waals surface area (Å²) in [6.07, 6.45) is 3.74. The number of hydrogen-bond donors (Lipinski definition) is 2. The fourth-order valence-electron chi connectivity index (χ4n) is 4.58. The van der Waals surface area contributed by atoms with E-state index >= 15 is 0 Å². The summed E-state index contributed by atoms with van der Waals surface area (Å²) in [6.45, 7) is 5.49. The number of aromatic nitrogens is 3. The lowest BCUT2D eigenvalue weighted by Crippen LogP contribution is -2.34. The van der Waals surface area contributed by atoms with Crippen molar-refractivity contribution < 1.29 is 18.4 Å².